The van der Waals surface area contributed by atoms with Gasteiger partial charge in [-0.15, -0.1) is 4.68 Å². The van der Waals surface area contributed by atoms with E-state index in [0.717, 1.165) is 40.8 Å². The summed E-state index contributed by atoms with van der Waals surface area (Å²) in [6.07, 6.45) is 5.40. The second kappa shape index (κ2) is 7.50. The van der Waals surface area contributed by atoms with Gasteiger partial charge in [-0.05, 0) is 42.3 Å². The molecule has 1 aliphatic carbocycles. The summed E-state index contributed by atoms with van der Waals surface area (Å²) >= 11 is 0. The highest BCUT2D eigenvalue weighted by Crippen LogP contribution is 2.22. The molecule has 0 N–H and O–H groups in total. The molecule has 8 nitrogen and oxygen atoms in total. The molecule has 0 radical (unpaired) electrons. The van der Waals surface area contributed by atoms with Crippen LogP contribution in [0.4, 0.5) is 10.5 Å². The van der Waals surface area contributed by atoms with Gasteiger partial charge in [-0.2, -0.15) is 0 Å². The number of carbonyl (C=O) groups excluding carboxylic acids is 1. The van der Waals surface area contributed by atoms with E-state index in [9.17, 15) is 9.59 Å². The lowest BCUT2D eigenvalue weighted by atomic mass is 9.94. The number of anilines is 1. The van der Waals surface area contributed by atoms with Gasteiger partial charge < -0.3 is 4.90 Å². The number of rotatable bonds is 4. The van der Waals surface area contributed by atoms with Gasteiger partial charge in [0.1, 0.15) is 0 Å². The van der Waals surface area contributed by atoms with Crippen molar-refractivity contribution in [1.29, 1.82) is 0 Å². The Hall–Kier alpha value is -2.64. The Labute approximate surface area is 146 Å². The Morgan fingerprint density at radius 2 is 1.84 bits per heavy atom. The van der Waals surface area contributed by atoms with E-state index < -0.39 is 11.7 Å². The third kappa shape index (κ3) is 3.42. The van der Waals surface area contributed by atoms with E-state index in [1.807, 2.05) is 37.3 Å². The monoisotopic (exact) mass is 344 g/mol. The lowest BCUT2D eigenvalue weighted by molar-refractivity contribution is 0.157. The molecule has 1 heterocycles. The Morgan fingerprint density at radius 3 is 2.48 bits per heavy atom. The first-order valence-electron chi connectivity index (χ1n) is 8.78. The highest BCUT2D eigenvalue weighted by atomic mass is 16.2. The first kappa shape index (κ1) is 17.2. The Balaban J connectivity index is 1.84. The highest BCUT2D eigenvalue weighted by molar-refractivity contribution is 5.75. The maximum Gasteiger partial charge on any atom is 0.392 e. The molecule has 1 amide bonds. The molecule has 1 aromatic heterocycles. The topological polar surface area (TPSA) is 76.3 Å². The number of tetrazole rings is 1. The van der Waals surface area contributed by atoms with Gasteiger partial charge in [0.2, 0.25) is 0 Å². The van der Waals surface area contributed by atoms with E-state index >= 15 is 0 Å². The summed E-state index contributed by atoms with van der Waals surface area (Å²) < 4.78 is 0.859. The van der Waals surface area contributed by atoms with Crippen LogP contribution >= 0.6 is 0 Å². The van der Waals surface area contributed by atoms with Gasteiger partial charge in [0.05, 0.1) is 5.69 Å². The molecule has 0 unspecified atom stereocenters. The van der Waals surface area contributed by atoms with E-state index in [4.69, 9.17) is 0 Å². The van der Waals surface area contributed by atoms with Gasteiger partial charge in [0.15, 0.2) is 0 Å². The van der Waals surface area contributed by atoms with E-state index in [-0.39, 0.29) is 6.04 Å². The molecule has 2 aromatic rings. The Bertz CT molecular complexity index is 763. The number of aromatic nitrogens is 4. The van der Waals surface area contributed by atoms with Crippen LogP contribution in [0.1, 0.15) is 39.0 Å². The molecule has 134 valence electrons. The summed E-state index contributed by atoms with van der Waals surface area (Å²) in [4.78, 5) is 28.3. The molecule has 3 rings (SSSR count). The SMILES string of the molecule is CCN(C(=O)n1nnn(N(C)c2ccccc2)c1=O)C1CCCCC1. The second-order valence-corrected chi connectivity index (χ2v) is 6.28. The van der Waals surface area contributed by atoms with Crippen molar-refractivity contribution in [2.45, 2.75) is 45.1 Å². The fraction of sp³-hybridized carbons (Fsp3) is 0.529. The average Bonchev–Trinajstić information content (AvgIpc) is 3.04. The van der Waals surface area contributed by atoms with E-state index in [1.165, 1.54) is 6.42 Å². The fourth-order valence-corrected chi connectivity index (χ4v) is 3.36. The van der Waals surface area contributed by atoms with Gasteiger partial charge in [0, 0.05) is 19.6 Å². The van der Waals surface area contributed by atoms with Crippen molar-refractivity contribution in [1.82, 2.24) is 24.8 Å². The number of para-hydroxylation sites is 1. The maximum atomic E-state index is 12.8. The molecule has 1 saturated carbocycles. The van der Waals surface area contributed by atoms with Crippen LogP contribution in [0.25, 0.3) is 0 Å². The number of benzene rings is 1. The second-order valence-electron chi connectivity index (χ2n) is 6.28. The van der Waals surface area contributed by atoms with Crippen molar-refractivity contribution in [3.63, 3.8) is 0 Å². The van der Waals surface area contributed by atoms with Crippen LogP contribution in [-0.4, -0.2) is 50.5 Å². The minimum atomic E-state index is -0.564. The normalized spacial score (nSPS) is 15.1. The predicted molar refractivity (Wildman–Crippen MR) is 94.6 cm³/mol. The third-order valence-corrected chi connectivity index (χ3v) is 4.76. The van der Waals surface area contributed by atoms with Crippen molar-refractivity contribution >= 4 is 11.7 Å². The van der Waals surface area contributed by atoms with E-state index in [1.54, 1.807) is 17.0 Å². The van der Waals surface area contributed by atoms with Gasteiger partial charge >= 0.3 is 11.7 Å². The molecule has 1 aliphatic rings. The Kier molecular flexibility index (Phi) is 5.16. The van der Waals surface area contributed by atoms with Gasteiger partial charge in [-0.25, -0.2) is 9.59 Å². The number of hydrogen-bond donors (Lipinski definition) is 0. The van der Waals surface area contributed by atoms with E-state index in [0.29, 0.717) is 6.54 Å². The number of amides is 1. The summed E-state index contributed by atoms with van der Waals surface area (Å²) in [6.45, 7) is 2.48. The van der Waals surface area contributed by atoms with Crippen LogP contribution < -0.4 is 10.7 Å². The Morgan fingerprint density at radius 1 is 1.16 bits per heavy atom. The van der Waals surface area contributed by atoms with Crippen molar-refractivity contribution in [3.05, 3.63) is 40.8 Å². The molecule has 1 fully saturated rings. The third-order valence-electron chi connectivity index (χ3n) is 4.76. The summed E-state index contributed by atoms with van der Waals surface area (Å²) in [5.41, 5.74) is 0.217. The van der Waals surface area contributed by atoms with Gasteiger partial charge in [-0.1, -0.05) is 42.3 Å². The van der Waals surface area contributed by atoms with Gasteiger partial charge in [0.25, 0.3) is 0 Å². The van der Waals surface area contributed by atoms with Crippen LogP contribution in [0.2, 0.25) is 0 Å². The molecule has 8 heteroatoms. The zero-order valence-corrected chi connectivity index (χ0v) is 14.7. The van der Waals surface area contributed by atoms with Crippen molar-refractivity contribution in [3.8, 4) is 0 Å². The largest absolute Gasteiger partial charge is 0.392 e. The summed E-state index contributed by atoms with van der Waals surface area (Å²) in [5.74, 6) is 0. The summed E-state index contributed by atoms with van der Waals surface area (Å²) in [6, 6.07) is 9.12. The molecule has 0 saturated heterocycles. The molecule has 0 aliphatic heterocycles. The first-order chi connectivity index (χ1) is 12.1. The molecule has 1 aromatic carbocycles. The van der Waals surface area contributed by atoms with Crippen LogP contribution in [0, 0.1) is 0 Å². The molecule has 25 heavy (non-hydrogen) atoms. The minimum Gasteiger partial charge on any atom is -0.320 e. The standard InChI is InChI=1S/C17H24N6O2/c1-3-21(15-12-8-5-9-13-15)16(24)22-17(25)23(19-18-22)20(2)14-10-6-4-7-11-14/h4,6-7,10-11,15H,3,5,8-9,12-13H2,1-2H3. The number of nitrogens with zero attached hydrogens (tertiary/aromatic N) is 6. The van der Waals surface area contributed by atoms with Crippen molar-refractivity contribution < 1.29 is 4.79 Å². The lowest BCUT2D eigenvalue weighted by Crippen LogP contribution is -2.48. The van der Waals surface area contributed by atoms with Crippen LogP contribution in [-0.2, 0) is 0 Å². The quantitative estimate of drug-likeness (QED) is 0.793. The van der Waals surface area contributed by atoms with E-state index in [2.05, 4.69) is 10.4 Å². The number of hydrogen-bond acceptors (Lipinski definition) is 5. The fourth-order valence-electron chi connectivity index (χ4n) is 3.36. The average molecular weight is 344 g/mol. The smallest absolute Gasteiger partial charge is 0.320 e. The molecular formula is C17H24N6O2. The predicted octanol–water partition coefficient (Wildman–Crippen LogP) is 1.96. The van der Waals surface area contributed by atoms with Crippen LogP contribution in [0.15, 0.2) is 35.1 Å². The maximum absolute atomic E-state index is 12.8. The lowest BCUT2D eigenvalue weighted by Gasteiger charge is -2.32. The van der Waals surface area contributed by atoms with Gasteiger partial charge in [-0.3, -0.25) is 5.01 Å². The molecule has 0 bridgehead atoms. The zero-order chi connectivity index (χ0) is 17.8. The van der Waals surface area contributed by atoms with Crippen LogP contribution in [0.5, 0.6) is 0 Å². The zero-order valence-electron chi connectivity index (χ0n) is 14.7. The first-order valence-corrected chi connectivity index (χ1v) is 8.78. The summed E-state index contributed by atoms with van der Waals surface area (Å²) in [5, 5.41) is 9.25. The molecule has 0 spiro atoms. The summed E-state index contributed by atoms with van der Waals surface area (Å²) in [7, 11) is 1.71. The molecule has 0 atom stereocenters. The highest BCUT2D eigenvalue weighted by Gasteiger charge is 2.28. The minimum absolute atomic E-state index is 0.176. The van der Waals surface area contributed by atoms with Crippen molar-refractivity contribution in [2.75, 3.05) is 18.6 Å². The van der Waals surface area contributed by atoms with Crippen LogP contribution in [0.3, 0.4) is 0 Å². The van der Waals surface area contributed by atoms with Crippen molar-refractivity contribution in [2.24, 2.45) is 0 Å². The molecular weight excluding hydrogens is 320 g/mol. The number of carbonyl (C=O) groups is 1.